The normalized spacial score (nSPS) is 14.6. The second-order valence-electron chi connectivity index (χ2n) is 5.32. The maximum absolute atomic E-state index is 12.3. The molecule has 8 heteroatoms. The Morgan fingerprint density at radius 2 is 1.83 bits per heavy atom. The van der Waals surface area contributed by atoms with E-state index >= 15 is 0 Å². The first-order valence-electron chi connectivity index (χ1n) is 7.38. The number of urea groups is 1. The number of nitrogens with zero attached hydrogens (tertiary/aromatic N) is 2. The Kier molecular flexibility index (Phi) is 5.11. The van der Waals surface area contributed by atoms with Crippen LogP contribution in [0.5, 0.6) is 0 Å². The number of furan rings is 1. The Balaban J connectivity index is 1.55. The molecule has 0 radical (unpaired) electrons. The van der Waals surface area contributed by atoms with Crippen LogP contribution in [0.15, 0.2) is 45.5 Å². The van der Waals surface area contributed by atoms with Crippen LogP contribution in [0.2, 0.25) is 5.02 Å². The van der Waals surface area contributed by atoms with Gasteiger partial charge in [0.15, 0.2) is 5.76 Å². The van der Waals surface area contributed by atoms with Gasteiger partial charge in [-0.05, 0) is 46.3 Å². The number of benzene rings is 1. The van der Waals surface area contributed by atoms with Gasteiger partial charge in [0.05, 0.1) is 11.3 Å². The molecule has 1 aromatic heterocycles. The average Bonchev–Trinajstić information content (AvgIpc) is 3.12. The fourth-order valence-electron chi connectivity index (χ4n) is 2.45. The summed E-state index contributed by atoms with van der Waals surface area (Å²) < 4.78 is 5.89. The molecule has 1 saturated heterocycles. The molecule has 0 unspecified atom stereocenters. The molecule has 6 nitrogen and oxygen atoms in total. The van der Waals surface area contributed by atoms with E-state index in [1.165, 1.54) is 6.26 Å². The summed E-state index contributed by atoms with van der Waals surface area (Å²) in [6.07, 6.45) is 1.47. The topological polar surface area (TPSA) is 65.8 Å². The molecule has 1 aliphatic rings. The van der Waals surface area contributed by atoms with Gasteiger partial charge in [-0.3, -0.25) is 4.79 Å². The standard InChI is InChI=1S/C16H15BrClN3O3/c17-12-4-3-11(10-13(12)18)19-16(23)21-7-5-20(6-8-21)15(22)14-2-1-9-24-14/h1-4,9-10H,5-8H2,(H,19,23). The molecule has 0 spiro atoms. The van der Waals surface area contributed by atoms with Crippen molar-refractivity contribution in [2.24, 2.45) is 0 Å². The summed E-state index contributed by atoms with van der Waals surface area (Å²) in [4.78, 5) is 27.8. The lowest BCUT2D eigenvalue weighted by Gasteiger charge is -2.34. The number of nitrogens with one attached hydrogen (secondary N) is 1. The monoisotopic (exact) mass is 411 g/mol. The molecule has 24 heavy (non-hydrogen) atoms. The van der Waals surface area contributed by atoms with Crippen LogP contribution in [-0.4, -0.2) is 47.9 Å². The molecule has 3 rings (SSSR count). The Bertz CT molecular complexity index is 743. The maximum Gasteiger partial charge on any atom is 0.321 e. The minimum atomic E-state index is -0.210. The van der Waals surface area contributed by atoms with Gasteiger partial charge in [0.25, 0.3) is 5.91 Å². The summed E-state index contributed by atoms with van der Waals surface area (Å²) in [5, 5.41) is 3.34. The Labute approximate surface area is 152 Å². The van der Waals surface area contributed by atoms with E-state index in [2.05, 4.69) is 21.2 Å². The summed E-state index contributed by atoms with van der Waals surface area (Å²) in [6, 6.07) is 8.33. The number of carbonyl (C=O) groups excluding carboxylic acids is 2. The van der Waals surface area contributed by atoms with Gasteiger partial charge < -0.3 is 19.5 Å². The molecule has 126 valence electrons. The van der Waals surface area contributed by atoms with Gasteiger partial charge in [-0.1, -0.05) is 11.6 Å². The molecule has 1 N–H and O–H groups in total. The van der Waals surface area contributed by atoms with E-state index in [0.717, 1.165) is 4.47 Å². The second-order valence-corrected chi connectivity index (χ2v) is 6.58. The molecule has 2 heterocycles. The van der Waals surface area contributed by atoms with E-state index in [1.807, 2.05) is 0 Å². The van der Waals surface area contributed by atoms with Crippen LogP contribution in [0.1, 0.15) is 10.6 Å². The molecule has 0 bridgehead atoms. The SMILES string of the molecule is O=C(Nc1ccc(Br)c(Cl)c1)N1CCN(C(=O)c2ccco2)CC1. The van der Waals surface area contributed by atoms with Crippen molar-refractivity contribution in [3.63, 3.8) is 0 Å². The quantitative estimate of drug-likeness (QED) is 0.818. The third-order valence-corrected chi connectivity index (χ3v) is 4.99. The van der Waals surface area contributed by atoms with Crippen molar-refractivity contribution in [3.05, 3.63) is 51.9 Å². The Hall–Kier alpha value is -1.99. The van der Waals surface area contributed by atoms with E-state index < -0.39 is 0 Å². The number of anilines is 1. The third kappa shape index (κ3) is 3.73. The Morgan fingerprint density at radius 3 is 2.46 bits per heavy atom. The van der Waals surface area contributed by atoms with E-state index in [1.54, 1.807) is 40.1 Å². The van der Waals surface area contributed by atoms with Crippen LogP contribution >= 0.6 is 27.5 Å². The van der Waals surface area contributed by atoms with Crippen LogP contribution < -0.4 is 5.32 Å². The first-order valence-corrected chi connectivity index (χ1v) is 8.55. The number of piperazine rings is 1. The molecule has 0 atom stereocenters. The molecule has 1 aromatic carbocycles. The number of rotatable bonds is 2. The Morgan fingerprint density at radius 1 is 1.12 bits per heavy atom. The van der Waals surface area contributed by atoms with Gasteiger partial charge in [0.2, 0.25) is 0 Å². The first-order chi connectivity index (χ1) is 11.5. The van der Waals surface area contributed by atoms with Gasteiger partial charge in [-0.25, -0.2) is 4.79 Å². The summed E-state index contributed by atoms with van der Waals surface area (Å²) in [5.41, 5.74) is 0.627. The highest BCUT2D eigenvalue weighted by Gasteiger charge is 2.26. The van der Waals surface area contributed by atoms with Gasteiger partial charge in [0, 0.05) is 36.3 Å². The zero-order valence-corrected chi connectivity index (χ0v) is 15.0. The highest BCUT2D eigenvalue weighted by molar-refractivity contribution is 9.10. The minimum absolute atomic E-state index is 0.153. The summed E-state index contributed by atoms with van der Waals surface area (Å²) >= 11 is 9.33. The number of carbonyl (C=O) groups is 2. The number of hydrogen-bond acceptors (Lipinski definition) is 3. The lowest BCUT2D eigenvalue weighted by atomic mass is 10.3. The highest BCUT2D eigenvalue weighted by Crippen LogP contribution is 2.25. The zero-order valence-electron chi connectivity index (χ0n) is 12.7. The highest BCUT2D eigenvalue weighted by atomic mass is 79.9. The van der Waals surface area contributed by atoms with Crippen molar-refractivity contribution in [1.82, 2.24) is 9.80 Å². The van der Waals surface area contributed by atoms with Crippen LogP contribution in [-0.2, 0) is 0 Å². The fraction of sp³-hybridized carbons (Fsp3) is 0.250. The predicted octanol–water partition coefficient (Wildman–Crippen LogP) is 3.69. The fourth-order valence-corrected chi connectivity index (χ4v) is 2.87. The van der Waals surface area contributed by atoms with Crippen molar-refractivity contribution in [2.45, 2.75) is 0 Å². The second kappa shape index (κ2) is 7.27. The molecule has 3 amide bonds. The van der Waals surface area contributed by atoms with Crippen molar-refractivity contribution < 1.29 is 14.0 Å². The van der Waals surface area contributed by atoms with Crippen molar-refractivity contribution in [1.29, 1.82) is 0 Å². The first kappa shape index (κ1) is 16.9. The van der Waals surface area contributed by atoms with Crippen molar-refractivity contribution >= 4 is 45.2 Å². The van der Waals surface area contributed by atoms with Crippen LogP contribution in [0.25, 0.3) is 0 Å². The van der Waals surface area contributed by atoms with Crippen molar-refractivity contribution in [2.75, 3.05) is 31.5 Å². The number of amides is 3. The van der Waals surface area contributed by atoms with E-state index in [0.29, 0.717) is 42.6 Å². The molecular weight excluding hydrogens is 398 g/mol. The smallest absolute Gasteiger partial charge is 0.321 e. The minimum Gasteiger partial charge on any atom is -0.459 e. The van der Waals surface area contributed by atoms with Crippen LogP contribution in [0.4, 0.5) is 10.5 Å². The summed E-state index contributed by atoms with van der Waals surface area (Å²) in [6.45, 7) is 1.85. The van der Waals surface area contributed by atoms with Crippen LogP contribution in [0.3, 0.4) is 0 Å². The number of hydrogen-bond donors (Lipinski definition) is 1. The molecule has 0 saturated carbocycles. The predicted molar refractivity (Wildman–Crippen MR) is 94.4 cm³/mol. The molecule has 0 aliphatic carbocycles. The molecular formula is C16H15BrClN3O3. The largest absolute Gasteiger partial charge is 0.459 e. The lowest BCUT2D eigenvalue weighted by molar-refractivity contribution is 0.0640. The van der Waals surface area contributed by atoms with Gasteiger partial charge in [-0.15, -0.1) is 0 Å². The summed E-state index contributed by atoms with van der Waals surface area (Å²) in [5.74, 6) is 0.164. The van der Waals surface area contributed by atoms with E-state index in [9.17, 15) is 9.59 Å². The molecule has 2 aromatic rings. The average molecular weight is 413 g/mol. The van der Waals surface area contributed by atoms with E-state index in [-0.39, 0.29) is 11.9 Å². The molecule has 1 fully saturated rings. The maximum atomic E-state index is 12.3. The lowest BCUT2D eigenvalue weighted by Crippen LogP contribution is -2.51. The number of halogens is 2. The third-order valence-electron chi connectivity index (χ3n) is 3.76. The van der Waals surface area contributed by atoms with Crippen LogP contribution in [0, 0.1) is 0 Å². The zero-order chi connectivity index (χ0) is 17.1. The van der Waals surface area contributed by atoms with Gasteiger partial charge in [-0.2, -0.15) is 0 Å². The summed E-state index contributed by atoms with van der Waals surface area (Å²) in [7, 11) is 0. The van der Waals surface area contributed by atoms with Gasteiger partial charge >= 0.3 is 6.03 Å². The van der Waals surface area contributed by atoms with E-state index in [4.69, 9.17) is 16.0 Å². The molecule has 1 aliphatic heterocycles. The van der Waals surface area contributed by atoms with Gasteiger partial charge in [0.1, 0.15) is 0 Å². The van der Waals surface area contributed by atoms with Crippen molar-refractivity contribution in [3.8, 4) is 0 Å².